The van der Waals surface area contributed by atoms with Gasteiger partial charge in [0, 0.05) is 20.5 Å². The Bertz CT molecular complexity index is 162. The lowest BCUT2D eigenvalue weighted by Gasteiger charge is -2.09. The molecule has 50 valence electrons. The highest BCUT2D eigenvalue weighted by molar-refractivity contribution is 6.38. The SMILES string of the molecule is CC(=O)C1=NCCN1C. The van der Waals surface area contributed by atoms with Crippen LogP contribution in [0.3, 0.4) is 0 Å². The molecular weight excluding hydrogens is 116 g/mol. The Morgan fingerprint density at radius 2 is 2.44 bits per heavy atom. The van der Waals surface area contributed by atoms with Gasteiger partial charge in [0.1, 0.15) is 0 Å². The number of ketones is 1. The molecule has 1 aliphatic heterocycles. The summed E-state index contributed by atoms with van der Waals surface area (Å²) in [7, 11) is 1.88. The van der Waals surface area contributed by atoms with E-state index < -0.39 is 0 Å². The highest BCUT2D eigenvalue weighted by Gasteiger charge is 2.15. The Hall–Kier alpha value is -0.860. The monoisotopic (exact) mass is 126 g/mol. The number of nitrogens with zero attached hydrogens (tertiary/aromatic N) is 2. The van der Waals surface area contributed by atoms with Gasteiger partial charge in [0.15, 0.2) is 11.6 Å². The molecule has 3 heteroatoms. The fourth-order valence-electron chi connectivity index (χ4n) is 0.913. The molecule has 0 aromatic rings. The lowest BCUT2D eigenvalue weighted by Crippen LogP contribution is -2.27. The van der Waals surface area contributed by atoms with Crippen LogP contribution in [0.25, 0.3) is 0 Å². The lowest BCUT2D eigenvalue weighted by atomic mass is 10.4. The van der Waals surface area contributed by atoms with Crippen molar-refractivity contribution in [3.8, 4) is 0 Å². The van der Waals surface area contributed by atoms with E-state index >= 15 is 0 Å². The van der Waals surface area contributed by atoms with Gasteiger partial charge < -0.3 is 4.90 Å². The molecule has 3 nitrogen and oxygen atoms in total. The lowest BCUT2D eigenvalue weighted by molar-refractivity contribution is -0.111. The van der Waals surface area contributed by atoms with E-state index in [9.17, 15) is 4.79 Å². The zero-order valence-electron chi connectivity index (χ0n) is 5.72. The Morgan fingerprint density at radius 1 is 1.78 bits per heavy atom. The molecule has 0 spiro atoms. The van der Waals surface area contributed by atoms with E-state index in [1.165, 1.54) is 0 Å². The predicted octanol–water partition coefficient (Wildman–Crippen LogP) is -0.0807. The third kappa shape index (κ3) is 1.09. The first-order chi connectivity index (χ1) is 4.22. The largest absolute Gasteiger partial charge is 0.355 e. The number of amidine groups is 1. The maximum atomic E-state index is 10.7. The van der Waals surface area contributed by atoms with Crippen molar-refractivity contribution < 1.29 is 4.79 Å². The summed E-state index contributed by atoms with van der Waals surface area (Å²) in [6, 6.07) is 0. The second-order valence-electron chi connectivity index (χ2n) is 2.18. The molecule has 1 rings (SSSR count). The maximum Gasteiger partial charge on any atom is 0.194 e. The molecule has 0 unspecified atom stereocenters. The molecule has 0 aromatic carbocycles. The topological polar surface area (TPSA) is 32.7 Å². The number of hydrogen-bond acceptors (Lipinski definition) is 3. The van der Waals surface area contributed by atoms with Gasteiger partial charge in [-0.3, -0.25) is 9.79 Å². The van der Waals surface area contributed by atoms with Gasteiger partial charge in [-0.25, -0.2) is 0 Å². The van der Waals surface area contributed by atoms with Crippen LogP contribution in [-0.4, -0.2) is 36.7 Å². The van der Waals surface area contributed by atoms with Gasteiger partial charge in [0.05, 0.1) is 6.54 Å². The molecule has 0 fully saturated rings. The number of likely N-dealkylation sites (N-methyl/N-ethyl adjacent to an activating group) is 1. The second kappa shape index (κ2) is 2.17. The van der Waals surface area contributed by atoms with Crippen molar-refractivity contribution in [1.29, 1.82) is 0 Å². The highest BCUT2D eigenvalue weighted by atomic mass is 16.1. The average Bonchev–Trinajstić information content (AvgIpc) is 2.13. The number of carbonyl (C=O) groups excluding carboxylic acids is 1. The molecule has 0 N–H and O–H groups in total. The molecule has 9 heavy (non-hydrogen) atoms. The fourth-order valence-corrected chi connectivity index (χ4v) is 0.913. The van der Waals surface area contributed by atoms with Crippen molar-refractivity contribution >= 4 is 11.6 Å². The average molecular weight is 126 g/mol. The minimum atomic E-state index is 0.0648. The second-order valence-corrected chi connectivity index (χ2v) is 2.18. The van der Waals surface area contributed by atoms with Crippen LogP contribution in [0.4, 0.5) is 0 Å². The third-order valence-corrected chi connectivity index (χ3v) is 1.37. The van der Waals surface area contributed by atoms with Crippen LogP contribution in [0.1, 0.15) is 6.92 Å². The smallest absolute Gasteiger partial charge is 0.194 e. The first-order valence-corrected chi connectivity index (χ1v) is 2.98. The van der Waals surface area contributed by atoms with E-state index in [0.29, 0.717) is 5.84 Å². The molecule has 0 atom stereocenters. The molecule has 0 saturated heterocycles. The van der Waals surface area contributed by atoms with Crippen molar-refractivity contribution in [3.05, 3.63) is 0 Å². The number of hydrogen-bond donors (Lipinski definition) is 0. The number of aliphatic imine (C=N–C) groups is 1. The van der Waals surface area contributed by atoms with Crippen molar-refractivity contribution in [1.82, 2.24) is 4.90 Å². The van der Waals surface area contributed by atoms with Crippen LogP contribution >= 0.6 is 0 Å². The molecule has 1 aliphatic rings. The third-order valence-electron chi connectivity index (χ3n) is 1.37. The molecular formula is C6H10N2O. The maximum absolute atomic E-state index is 10.7. The van der Waals surface area contributed by atoms with Gasteiger partial charge in [-0.15, -0.1) is 0 Å². The van der Waals surface area contributed by atoms with Crippen molar-refractivity contribution in [3.63, 3.8) is 0 Å². The van der Waals surface area contributed by atoms with Gasteiger partial charge in [0.25, 0.3) is 0 Å². The van der Waals surface area contributed by atoms with Crippen LogP contribution in [-0.2, 0) is 4.79 Å². The summed E-state index contributed by atoms with van der Waals surface area (Å²) < 4.78 is 0. The summed E-state index contributed by atoms with van der Waals surface area (Å²) in [6.07, 6.45) is 0. The van der Waals surface area contributed by atoms with Crippen LogP contribution in [0, 0.1) is 0 Å². The molecule has 0 aromatic heterocycles. The summed E-state index contributed by atoms with van der Waals surface area (Å²) in [5.74, 6) is 0.685. The summed E-state index contributed by atoms with van der Waals surface area (Å²) >= 11 is 0. The molecule has 0 aliphatic carbocycles. The number of rotatable bonds is 1. The van der Waals surface area contributed by atoms with E-state index in [4.69, 9.17) is 0 Å². The van der Waals surface area contributed by atoms with Gasteiger partial charge in [-0.1, -0.05) is 0 Å². The summed E-state index contributed by atoms with van der Waals surface area (Å²) in [5.41, 5.74) is 0. The van der Waals surface area contributed by atoms with Gasteiger partial charge >= 0.3 is 0 Å². The van der Waals surface area contributed by atoms with Crippen molar-refractivity contribution in [2.75, 3.05) is 20.1 Å². The normalized spacial score (nSPS) is 18.0. The molecule has 0 bridgehead atoms. The molecule has 0 saturated carbocycles. The zero-order valence-corrected chi connectivity index (χ0v) is 5.72. The Labute approximate surface area is 54.4 Å². The Morgan fingerprint density at radius 3 is 2.67 bits per heavy atom. The first-order valence-electron chi connectivity index (χ1n) is 2.98. The minimum Gasteiger partial charge on any atom is -0.355 e. The van der Waals surface area contributed by atoms with Crippen molar-refractivity contribution in [2.45, 2.75) is 6.92 Å². The summed E-state index contributed by atoms with van der Waals surface area (Å²) in [4.78, 5) is 16.6. The van der Waals surface area contributed by atoms with E-state index in [1.54, 1.807) is 6.92 Å². The van der Waals surface area contributed by atoms with Gasteiger partial charge in [-0.05, 0) is 0 Å². The number of Topliss-reactive ketones (excluding diaryl/α,β-unsaturated/α-hetero) is 1. The van der Waals surface area contributed by atoms with Crippen LogP contribution in [0.5, 0.6) is 0 Å². The van der Waals surface area contributed by atoms with Gasteiger partial charge in [0.2, 0.25) is 0 Å². The Balaban J connectivity index is 2.68. The zero-order chi connectivity index (χ0) is 6.85. The first kappa shape index (κ1) is 6.26. The predicted molar refractivity (Wildman–Crippen MR) is 35.6 cm³/mol. The van der Waals surface area contributed by atoms with E-state index in [1.807, 2.05) is 11.9 Å². The van der Waals surface area contributed by atoms with Crippen LogP contribution < -0.4 is 0 Å². The van der Waals surface area contributed by atoms with Gasteiger partial charge in [-0.2, -0.15) is 0 Å². The fraction of sp³-hybridized carbons (Fsp3) is 0.667. The van der Waals surface area contributed by atoms with Crippen molar-refractivity contribution in [2.24, 2.45) is 4.99 Å². The summed E-state index contributed by atoms with van der Waals surface area (Å²) in [6.45, 7) is 3.20. The number of carbonyl (C=O) groups is 1. The minimum absolute atomic E-state index is 0.0648. The molecule has 0 amide bonds. The standard InChI is InChI=1S/C6H10N2O/c1-5(9)6-7-3-4-8(6)2/h3-4H2,1-2H3. The Kier molecular flexibility index (Phi) is 1.51. The highest BCUT2D eigenvalue weighted by Crippen LogP contribution is 1.97. The van der Waals surface area contributed by atoms with E-state index in [0.717, 1.165) is 13.1 Å². The summed E-state index contributed by atoms with van der Waals surface area (Å²) in [5, 5.41) is 0. The van der Waals surface area contributed by atoms with Crippen LogP contribution in [0.2, 0.25) is 0 Å². The van der Waals surface area contributed by atoms with Crippen LogP contribution in [0.15, 0.2) is 4.99 Å². The molecule has 0 radical (unpaired) electrons. The quantitative estimate of drug-likeness (QED) is 0.492. The molecule has 1 heterocycles. The van der Waals surface area contributed by atoms with E-state index in [-0.39, 0.29) is 5.78 Å². The van der Waals surface area contributed by atoms with E-state index in [2.05, 4.69) is 4.99 Å².